The topological polar surface area (TPSA) is 122 Å². The number of carbonyl (C=O) groups excluding carboxylic acids is 1. The van der Waals surface area contributed by atoms with Gasteiger partial charge in [-0.2, -0.15) is 0 Å². The molecule has 2 aromatic heterocycles. The van der Waals surface area contributed by atoms with E-state index in [4.69, 9.17) is 10.5 Å². The molecule has 4 rings (SSSR count). The van der Waals surface area contributed by atoms with Crippen molar-refractivity contribution in [2.45, 2.75) is 38.4 Å². The van der Waals surface area contributed by atoms with E-state index in [1.54, 1.807) is 38.5 Å². The molecule has 1 amide bonds. The van der Waals surface area contributed by atoms with Crippen LogP contribution in [0, 0.1) is 12.7 Å². The minimum absolute atomic E-state index is 0.0277. The molecule has 5 N–H and O–H groups in total. The maximum Gasteiger partial charge on any atom is 0.413 e. The Balaban J connectivity index is 1.65. The molecule has 0 atom stereocenters. The highest BCUT2D eigenvalue weighted by Gasteiger charge is 2.40. The number of rotatable bonds is 4. The van der Waals surface area contributed by atoms with Crippen LogP contribution in [0.5, 0.6) is 0 Å². The Kier molecular flexibility index (Phi) is 5.14. The van der Waals surface area contributed by atoms with Crippen LogP contribution in [0.4, 0.5) is 26.4 Å². The fourth-order valence-corrected chi connectivity index (χ4v) is 3.90. The van der Waals surface area contributed by atoms with E-state index >= 15 is 4.39 Å². The Morgan fingerprint density at radius 3 is 2.71 bits per heavy atom. The lowest BCUT2D eigenvalue weighted by Gasteiger charge is -2.39. The molecule has 1 aliphatic carbocycles. The monoisotopic (exact) mass is 425 g/mol. The van der Waals surface area contributed by atoms with Gasteiger partial charge in [0.1, 0.15) is 11.9 Å². The molecule has 1 fully saturated rings. The molecule has 0 spiro atoms. The van der Waals surface area contributed by atoms with Crippen molar-refractivity contribution in [3.05, 3.63) is 42.1 Å². The number of amides is 1. The Labute approximate surface area is 178 Å². The lowest BCUT2D eigenvalue weighted by atomic mass is 9.79. The van der Waals surface area contributed by atoms with Gasteiger partial charge in [-0.05, 0) is 36.9 Å². The van der Waals surface area contributed by atoms with E-state index in [0.717, 1.165) is 11.3 Å². The van der Waals surface area contributed by atoms with Gasteiger partial charge in [0.25, 0.3) is 0 Å². The number of carbonyl (C=O) groups is 1. The average molecular weight is 425 g/mol. The summed E-state index contributed by atoms with van der Waals surface area (Å²) in [6.07, 6.45) is 4.46. The van der Waals surface area contributed by atoms with Crippen molar-refractivity contribution in [3.63, 3.8) is 0 Å². The summed E-state index contributed by atoms with van der Waals surface area (Å²) in [4.78, 5) is 20.5. The third-order valence-electron chi connectivity index (χ3n) is 5.61. The summed E-state index contributed by atoms with van der Waals surface area (Å²) in [6, 6.07) is 3.27. The average Bonchev–Trinajstić information content (AvgIpc) is 2.69. The first-order chi connectivity index (χ1) is 14.7. The minimum Gasteiger partial charge on any atom is -0.446 e. The number of ether oxygens (including phenoxy) is 1. The van der Waals surface area contributed by atoms with E-state index in [1.807, 2.05) is 6.92 Å². The second kappa shape index (κ2) is 7.66. The summed E-state index contributed by atoms with van der Waals surface area (Å²) in [5.41, 5.74) is 7.78. The van der Waals surface area contributed by atoms with Gasteiger partial charge in [-0.1, -0.05) is 0 Å². The number of nitrogens with one attached hydrogen (secondary N) is 2. The molecule has 1 aromatic carbocycles. The molecule has 0 saturated heterocycles. The lowest BCUT2D eigenvalue weighted by molar-refractivity contribution is -0.100. The van der Waals surface area contributed by atoms with Crippen molar-refractivity contribution in [2.24, 2.45) is 0 Å². The first-order valence-electron chi connectivity index (χ1n) is 9.89. The molecule has 0 unspecified atom stereocenters. The maximum atomic E-state index is 15.1. The molecule has 0 radical (unpaired) electrons. The van der Waals surface area contributed by atoms with Crippen LogP contribution < -0.4 is 16.4 Å². The first kappa shape index (κ1) is 20.8. The van der Waals surface area contributed by atoms with E-state index in [9.17, 15) is 9.90 Å². The van der Waals surface area contributed by atoms with Crippen molar-refractivity contribution in [1.82, 2.24) is 9.97 Å². The van der Waals surface area contributed by atoms with Crippen LogP contribution in [0.3, 0.4) is 0 Å². The van der Waals surface area contributed by atoms with E-state index in [2.05, 4.69) is 20.6 Å². The van der Waals surface area contributed by atoms with Crippen molar-refractivity contribution in [3.8, 4) is 11.1 Å². The molecule has 9 heteroatoms. The van der Waals surface area contributed by atoms with E-state index in [-0.39, 0.29) is 17.6 Å². The van der Waals surface area contributed by atoms with Crippen molar-refractivity contribution >= 4 is 34.1 Å². The maximum absolute atomic E-state index is 15.1. The van der Waals surface area contributed by atoms with Gasteiger partial charge in [-0.25, -0.2) is 14.2 Å². The zero-order valence-electron chi connectivity index (χ0n) is 17.5. The van der Waals surface area contributed by atoms with Gasteiger partial charge in [0.15, 0.2) is 5.82 Å². The normalized spacial score (nSPS) is 20.2. The molecule has 8 nitrogen and oxygen atoms in total. The number of hydrogen-bond donors (Lipinski definition) is 4. The molecule has 0 bridgehead atoms. The summed E-state index contributed by atoms with van der Waals surface area (Å²) in [5.74, 6) is -0.302. The number of aromatic nitrogens is 2. The summed E-state index contributed by atoms with van der Waals surface area (Å²) in [7, 11) is 1.77. The van der Waals surface area contributed by atoms with E-state index < -0.39 is 17.5 Å². The summed E-state index contributed by atoms with van der Waals surface area (Å²) in [5, 5.41) is 16.4. The number of nitrogen functional groups attached to an aromatic ring is 1. The fraction of sp³-hybridized carbons (Fsp3) is 0.318. The molecular weight excluding hydrogens is 401 g/mol. The lowest BCUT2D eigenvalue weighted by Crippen LogP contribution is -2.47. The molecule has 1 aliphatic rings. The third kappa shape index (κ3) is 3.96. The predicted molar refractivity (Wildman–Crippen MR) is 117 cm³/mol. The second-order valence-corrected chi connectivity index (χ2v) is 8.11. The van der Waals surface area contributed by atoms with E-state index in [1.165, 1.54) is 6.20 Å². The van der Waals surface area contributed by atoms with Crippen molar-refractivity contribution in [2.75, 3.05) is 23.4 Å². The molecule has 1 saturated carbocycles. The third-order valence-corrected chi connectivity index (χ3v) is 5.61. The van der Waals surface area contributed by atoms with Gasteiger partial charge < -0.3 is 20.9 Å². The highest BCUT2D eigenvalue weighted by Crippen LogP contribution is 2.37. The van der Waals surface area contributed by atoms with Gasteiger partial charge in [0.2, 0.25) is 0 Å². The minimum atomic E-state index is -0.790. The summed E-state index contributed by atoms with van der Waals surface area (Å²) >= 11 is 0. The SMILES string of the molecule is CNc1cncc(-c2cc3cc(NC(=O)O[C@H]4C[C@@](C)(O)C4)ncc3c(N)c2F)c1C. The van der Waals surface area contributed by atoms with Crippen LogP contribution in [0.25, 0.3) is 21.9 Å². The Hall–Kier alpha value is -3.46. The first-order valence-corrected chi connectivity index (χ1v) is 9.89. The predicted octanol–water partition coefficient (Wildman–Crippen LogP) is 3.83. The summed E-state index contributed by atoms with van der Waals surface area (Å²) in [6.45, 7) is 3.57. The van der Waals surface area contributed by atoms with Crippen molar-refractivity contribution < 1.29 is 19.0 Å². The standard InChI is InChI=1S/C22H24FN5O3/c1-11-15(8-26-10-17(11)25-3)14-4-12-5-18(27-9-16(12)20(24)19(14)23)28-21(29)31-13-6-22(2,30)7-13/h4-5,8-10,13,25,30H,6-7,24H2,1-3H3,(H,27,28,29)/t13-,22+. The Bertz CT molecular complexity index is 1170. The number of benzene rings is 1. The van der Waals surface area contributed by atoms with Crippen LogP contribution in [-0.4, -0.2) is 39.9 Å². The number of aliphatic hydroxyl groups is 1. The molecule has 162 valence electrons. The van der Waals surface area contributed by atoms with Crippen LogP contribution >= 0.6 is 0 Å². The molecule has 3 aromatic rings. The van der Waals surface area contributed by atoms with Crippen LogP contribution in [0.1, 0.15) is 25.3 Å². The number of fused-ring (bicyclic) bond motifs is 1. The molecule has 0 aliphatic heterocycles. The molecular formula is C22H24FN5O3. The van der Waals surface area contributed by atoms with Crippen LogP contribution in [0.2, 0.25) is 0 Å². The number of hydrogen-bond acceptors (Lipinski definition) is 7. The quantitative estimate of drug-likeness (QED) is 0.469. The van der Waals surface area contributed by atoms with Gasteiger partial charge in [-0.3, -0.25) is 10.3 Å². The van der Waals surface area contributed by atoms with Crippen LogP contribution in [0.15, 0.2) is 30.7 Å². The second-order valence-electron chi connectivity index (χ2n) is 8.11. The number of anilines is 3. The van der Waals surface area contributed by atoms with Gasteiger partial charge in [0, 0.05) is 48.8 Å². The van der Waals surface area contributed by atoms with Gasteiger partial charge in [0.05, 0.1) is 23.2 Å². The highest BCUT2D eigenvalue weighted by atomic mass is 19.1. The largest absolute Gasteiger partial charge is 0.446 e. The summed E-state index contributed by atoms with van der Waals surface area (Å²) < 4.78 is 20.3. The molecule has 2 heterocycles. The number of pyridine rings is 2. The van der Waals surface area contributed by atoms with Gasteiger partial charge in [-0.15, -0.1) is 0 Å². The van der Waals surface area contributed by atoms with E-state index in [0.29, 0.717) is 34.7 Å². The number of nitrogens with two attached hydrogens (primary N) is 1. The van der Waals surface area contributed by atoms with Gasteiger partial charge >= 0.3 is 6.09 Å². The zero-order valence-corrected chi connectivity index (χ0v) is 17.5. The molecule has 31 heavy (non-hydrogen) atoms. The highest BCUT2D eigenvalue weighted by molar-refractivity contribution is 5.99. The Morgan fingerprint density at radius 2 is 2.03 bits per heavy atom. The fourth-order valence-electron chi connectivity index (χ4n) is 3.90. The number of nitrogens with zero attached hydrogens (tertiary/aromatic N) is 2. The van der Waals surface area contributed by atoms with Crippen molar-refractivity contribution in [1.29, 1.82) is 0 Å². The zero-order chi connectivity index (χ0) is 22.3. The smallest absolute Gasteiger partial charge is 0.413 e. The Morgan fingerprint density at radius 1 is 1.29 bits per heavy atom. The van der Waals surface area contributed by atoms with Crippen LogP contribution in [-0.2, 0) is 4.74 Å². The number of halogens is 1.